The lowest BCUT2D eigenvalue weighted by atomic mass is 9.66. The van der Waals surface area contributed by atoms with Crippen LogP contribution < -0.4 is 5.73 Å². The van der Waals surface area contributed by atoms with E-state index in [0.717, 1.165) is 36.3 Å². The molecule has 0 saturated heterocycles. The first-order valence-electron chi connectivity index (χ1n) is 9.59. The summed E-state index contributed by atoms with van der Waals surface area (Å²) in [5, 5.41) is 0.790. The van der Waals surface area contributed by atoms with Crippen LogP contribution in [0, 0.1) is 5.92 Å². The number of hydrogen-bond donors (Lipinski definition) is 1. The van der Waals surface area contributed by atoms with Gasteiger partial charge in [0, 0.05) is 22.5 Å². The Hall–Kier alpha value is -1.64. The molecule has 1 fully saturated rings. The van der Waals surface area contributed by atoms with E-state index in [1.54, 1.807) is 6.92 Å². The van der Waals surface area contributed by atoms with Crippen LogP contribution in [-0.4, -0.2) is 12.3 Å². The molecular weight excluding hydrogens is 342 g/mol. The zero-order valence-corrected chi connectivity index (χ0v) is 16.3. The van der Waals surface area contributed by atoms with E-state index in [2.05, 4.69) is 18.2 Å². The second-order valence-corrected chi connectivity index (χ2v) is 8.13. The van der Waals surface area contributed by atoms with E-state index in [1.165, 1.54) is 24.0 Å². The molecule has 0 heterocycles. The molecule has 0 radical (unpaired) electrons. The van der Waals surface area contributed by atoms with Crippen molar-refractivity contribution in [3.8, 4) is 0 Å². The molecule has 3 rings (SSSR count). The van der Waals surface area contributed by atoms with Crippen molar-refractivity contribution in [1.29, 1.82) is 0 Å². The Morgan fingerprint density at radius 2 is 1.88 bits per heavy atom. The molecule has 0 atom stereocenters. The highest BCUT2D eigenvalue weighted by molar-refractivity contribution is 6.30. The summed E-state index contributed by atoms with van der Waals surface area (Å²) in [6, 6.07) is 16.2. The normalized spacial score (nSPS) is 23.0. The number of hydrogen-bond acceptors (Lipinski definition) is 2. The number of rotatable bonds is 6. The molecule has 0 aliphatic heterocycles. The monoisotopic (exact) mass is 369 g/mol. The number of nitrogens with two attached hydrogens (primary N) is 1. The second kappa shape index (κ2) is 8.37. The molecule has 1 aliphatic rings. The van der Waals surface area contributed by atoms with Crippen LogP contribution in [0.2, 0.25) is 5.02 Å². The van der Waals surface area contributed by atoms with Gasteiger partial charge in [0.05, 0.1) is 0 Å². The summed E-state index contributed by atoms with van der Waals surface area (Å²) < 4.78 is 0. The van der Waals surface area contributed by atoms with Crippen LogP contribution in [0.15, 0.2) is 48.5 Å². The van der Waals surface area contributed by atoms with Gasteiger partial charge in [-0.25, -0.2) is 0 Å². The van der Waals surface area contributed by atoms with Crippen LogP contribution in [-0.2, 0) is 11.8 Å². The van der Waals surface area contributed by atoms with Crippen LogP contribution in [0.1, 0.15) is 60.5 Å². The van der Waals surface area contributed by atoms with Crippen molar-refractivity contribution in [3.63, 3.8) is 0 Å². The summed E-state index contributed by atoms with van der Waals surface area (Å²) in [7, 11) is 0. The van der Waals surface area contributed by atoms with Crippen LogP contribution in [0.3, 0.4) is 0 Å². The van der Waals surface area contributed by atoms with Gasteiger partial charge < -0.3 is 5.73 Å². The highest BCUT2D eigenvalue weighted by Crippen LogP contribution is 2.42. The molecule has 0 amide bonds. The molecule has 26 heavy (non-hydrogen) atoms. The van der Waals surface area contributed by atoms with Gasteiger partial charge in [-0.2, -0.15) is 0 Å². The fourth-order valence-electron chi connectivity index (χ4n) is 4.39. The summed E-state index contributed by atoms with van der Waals surface area (Å²) in [5.41, 5.74) is 9.62. The summed E-state index contributed by atoms with van der Waals surface area (Å²) >= 11 is 6.20. The van der Waals surface area contributed by atoms with Crippen molar-refractivity contribution in [2.24, 2.45) is 11.7 Å². The van der Waals surface area contributed by atoms with Gasteiger partial charge in [0.15, 0.2) is 5.78 Å². The van der Waals surface area contributed by atoms with E-state index >= 15 is 0 Å². The Balaban J connectivity index is 1.63. The largest absolute Gasteiger partial charge is 0.330 e. The van der Waals surface area contributed by atoms with Gasteiger partial charge in [-0.3, -0.25) is 4.79 Å². The predicted octanol–water partition coefficient (Wildman–Crippen LogP) is 5.56. The van der Waals surface area contributed by atoms with E-state index in [4.69, 9.17) is 17.3 Å². The maximum atomic E-state index is 11.8. The van der Waals surface area contributed by atoms with Crippen molar-refractivity contribution in [2.45, 2.75) is 50.9 Å². The van der Waals surface area contributed by atoms with Gasteiger partial charge in [-0.05, 0) is 74.6 Å². The van der Waals surface area contributed by atoms with Crippen molar-refractivity contribution in [2.75, 3.05) is 6.54 Å². The summed E-state index contributed by atoms with van der Waals surface area (Å²) in [6.07, 6.45) is 6.72. The number of ketones is 1. The first-order valence-corrected chi connectivity index (χ1v) is 9.97. The molecule has 1 saturated carbocycles. The number of carbonyl (C=O) groups excluding carboxylic acids is 1. The van der Waals surface area contributed by atoms with Gasteiger partial charge in [0.2, 0.25) is 0 Å². The lowest BCUT2D eigenvalue weighted by Gasteiger charge is -2.40. The van der Waals surface area contributed by atoms with E-state index in [9.17, 15) is 4.79 Å². The van der Waals surface area contributed by atoms with Gasteiger partial charge in [0.25, 0.3) is 0 Å². The third kappa shape index (κ3) is 4.19. The number of carbonyl (C=O) groups is 1. The molecule has 3 heteroatoms. The number of Topliss-reactive ketones (excluding diaryl/α,β-unsaturated/α-hetero) is 1. The number of aryl methyl sites for hydroxylation is 1. The van der Waals surface area contributed by atoms with Gasteiger partial charge in [-0.1, -0.05) is 48.0 Å². The van der Waals surface area contributed by atoms with Gasteiger partial charge >= 0.3 is 0 Å². The van der Waals surface area contributed by atoms with Crippen LogP contribution in [0.25, 0.3) is 0 Å². The Kier molecular flexibility index (Phi) is 6.16. The Morgan fingerprint density at radius 1 is 1.15 bits per heavy atom. The molecule has 2 nitrogen and oxygen atoms in total. The molecule has 0 unspecified atom stereocenters. The minimum absolute atomic E-state index is 0.0681. The Labute approximate surface area is 161 Å². The molecular formula is C23H28ClNO. The molecule has 0 bridgehead atoms. The molecule has 2 N–H and O–H groups in total. The maximum absolute atomic E-state index is 11.8. The summed E-state index contributed by atoms with van der Waals surface area (Å²) in [4.78, 5) is 11.8. The molecule has 2 aromatic carbocycles. The standard InChI is InChI=1S/C23H28ClNO/c1-17(26)22-8-3-2-5-19(22)10-9-18-11-13-23(16-25,14-12-18)20-6-4-7-21(24)15-20/h2-8,15,18H,9-14,16,25H2,1H3. The average Bonchev–Trinajstić information content (AvgIpc) is 2.67. The smallest absolute Gasteiger partial charge is 0.160 e. The highest BCUT2D eigenvalue weighted by atomic mass is 35.5. The first-order chi connectivity index (χ1) is 12.5. The van der Waals surface area contributed by atoms with Crippen LogP contribution >= 0.6 is 11.6 Å². The molecule has 1 aliphatic carbocycles. The highest BCUT2D eigenvalue weighted by Gasteiger charge is 2.35. The quantitative estimate of drug-likeness (QED) is 0.677. The predicted molar refractivity (Wildman–Crippen MR) is 109 cm³/mol. The third-order valence-electron chi connectivity index (χ3n) is 6.11. The minimum Gasteiger partial charge on any atom is -0.330 e. The lowest BCUT2D eigenvalue weighted by molar-refractivity contribution is 0.101. The van der Waals surface area contributed by atoms with E-state index in [-0.39, 0.29) is 11.2 Å². The van der Waals surface area contributed by atoms with Crippen molar-refractivity contribution in [1.82, 2.24) is 0 Å². The summed E-state index contributed by atoms with van der Waals surface area (Å²) in [6.45, 7) is 2.33. The molecule has 138 valence electrons. The SMILES string of the molecule is CC(=O)c1ccccc1CCC1CCC(CN)(c2cccc(Cl)c2)CC1. The van der Waals surface area contributed by atoms with Crippen molar-refractivity contribution in [3.05, 3.63) is 70.2 Å². The zero-order valence-electron chi connectivity index (χ0n) is 15.5. The third-order valence-corrected chi connectivity index (χ3v) is 6.34. The lowest BCUT2D eigenvalue weighted by Crippen LogP contribution is -2.39. The number of halogens is 1. The first kappa shape index (κ1) is 19.1. The molecule has 0 aromatic heterocycles. The van der Waals surface area contributed by atoms with E-state index in [1.807, 2.05) is 30.3 Å². The van der Waals surface area contributed by atoms with E-state index < -0.39 is 0 Å². The summed E-state index contributed by atoms with van der Waals surface area (Å²) in [5.74, 6) is 0.862. The second-order valence-electron chi connectivity index (χ2n) is 7.69. The zero-order chi connectivity index (χ0) is 18.6. The fraction of sp³-hybridized carbons (Fsp3) is 0.435. The van der Waals surface area contributed by atoms with Gasteiger partial charge in [-0.15, -0.1) is 0 Å². The van der Waals surface area contributed by atoms with Crippen molar-refractivity contribution < 1.29 is 4.79 Å². The van der Waals surface area contributed by atoms with Crippen molar-refractivity contribution >= 4 is 17.4 Å². The average molecular weight is 370 g/mol. The number of benzene rings is 2. The van der Waals surface area contributed by atoms with Crippen LogP contribution in [0.4, 0.5) is 0 Å². The maximum Gasteiger partial charge on any atom is 0.160 e. The van der Waals surface area contributed by atoms with Gasteiger partial charge in [0.1, 0.15) is 0 Å². The Morgan fingerprint density at radius 3 is 2.54 bits per heavy atom. The topological polar surface area (TPSA) is 43.1 Å². The fourth-order valence-corrected chi connectivity index (χ4v) is 4.58. The molecule has 2 aromatic rings. The Bertz CT molecular complexity index is 762. The minimum atomic E-state index is 0.0681. The van der Waals surface area contributed by atoms with Crippen LogP contribution in [0.5, 0.6) is 0 Å². The molecule has 0 spiro atoms. The van der Waals surface area contributed by atoms with E-state index in [0.29, 0.717) is 12.5 Å².